The van der Waals surface area contributed by atoms with Crippen molar-refractivity contribution in [1.82, 2.24) is 0 Å². The standard InChI is InChI=1S/C10H12O2/c1-2-8-6-3-4-7(5-6)9(8)10(11)12/h2-4,6-9H,1,5H2,(H,11,12). The Morgan fingerprint density at radius 1 is 1.50 bits per heavy atom. The van der Waals surface area contributed by atoms with Crippen molar-refractivity contribution in [3.8, 4) is 0 Å². The highest BCUT2D eigenvalue weighted by molar-refractivity contribution is 5.72. The first-order valence-corrected chi connectivity index (χ1v) is 4.27. The van der Waals surface area contributed by atoms with E-state index in [0.717, 1.165) is 6.42 Å². The minimum Gasteiger partial charge on any atom is -0.481 e. The molecule has 0 aliphatic heterocycles. The lowest BCUT2D eigenvalue weighted by Gasteiger charge is -2.20. The number of carboxylic acids is 1. The van der Waals surface area contributed by atoms with E-state index < -0.39 is 5.97 Å². The number of aliphatic carboxylic acids is 1. The Hall–Kier alpha value is -1.05. The SMILES string of the molecule is C=CC1C2C=CC(C2)C1C(=O)O. The maximum absolute atomic E-state index is 10.9. The molecule has 0 saturated heterocycles. The van der Waals surface area contributed by atoms with E-state index >= 15 is 0 Å². The van der Waals surface area contributed by atoms with Crippen molar-refractivity contribution in [2.75, 3.05) is 0 Å². The normalized spacial score (nSPS) is 43.3. The Bertz CT molecular complexity index is 255. The number of fused-ring (bicyclic) bond motifs is 2. The second-order valence-corrected chi connectivity index (χ2v) is 3.63. The van der Waals surface area contributed by atoms with Gasteiger partial charge in [-0.15, -0.1) is 6.58 Å². The zero-order chi connectivity index (χ0) is 8.72. The van der Waals surface area contributed by atoms with Gasteiger partial charge < -0.3 is 5.11 Å². The van der Waals surface area contributed by atoms with Gasteiger partial charge in [-0.05, 0) is 24.2 Å². The average molecular weight is 164 g/mol. The number of carboxylic acid groups (broad SMARTS) is 1. The van der Waals surface area contributed by atoms with E-state index in [-0.39, 0.29) is 17.8 Å². The third kappa shape index (κ3) is 0.840. The lowest BCUT2D eigenvalue weighted by molar-refractivity contribution is -0.143. The molecule has 1 N–H and O–H groups in total. The minimum atomic E-state index is -0.670. The van der Waals surface area contributed by atoms with Crippen molar-refractivity contribution in [3.05, 3.63) is 24.8 Å². The highest BCUT2D eigenvalue weighted by Crippen LogP contribution is 2.48. The fourth-order valence-electron chi connectivity index (χ4n) is 2.53. The summed E-state index contributed by atoms with van der Waals surface area (Å²) in [6, 6.07) is 0. The summed E-state index contributed by atoms with van der Waals surface area (Å²) in [6.45, 7) is 3.70. The molecule has 0 radical (unpaired) electrons. The smallest absolute Gasteiger partial charge is 0.307 e. The van der Waals surface area contributed by atoms with Crippen molar-refractivity contribution >= 4 is 5.97 Å². The van der Waals surface area contributed by atoms with Crippen LogP contribution in [-0.2, 0) is 4.79 Å². The first-order chi connectivity index (χ1) is 5.74. The first-order valence-electron chi connectivity index (χ1n) is 4.27. The number of rotatable bonds is 2. The Balaban J connectivity index is 2.28. The Morgan fingerprint density at radius 3 is 2.67 bits per heavy atom. The van der Waals surface area contributed by atoms with Gasteiger partial charge in [-0.2, -0.15) is 0 Å². The molecule has 2 rings (SSSR count). The van der Waals surface area contributed by atoms with Crippen LogP contribution in [0.2, 0.25) is 0 Å². The van der Waals surface area contributed by atoms with Gasteiger partial charge in [-0.25, -0.2) is 0 Å². The van der Waals surface area contributed by atoms with E-state index in [9.17, 15) is 4.79 Å². The molecular weight excluding hydrogens is 152 g/mol. The summed E-state index contributed by atoms with van der Waals surface area (Å²) >= 11 is 0. The van der Waals surface area contributed by atoms with Gasteiger partial charge in [0.2, 0.25) is 0 Å². The van der Waals surface area contributed by atoms with Crippen molar-refractivity contribution in [2.24, 2.45) is 23.7 Å². The molecule has 4 unspecified atom stereocenters. The van der Waals surface area contributed by atoms with Crippen LogP contribution < -0.4 is 0 Å². The summed E-state index contributed by atoms with van der Waals surface area (Å²) in [4.78, 5) is 10.9. The van der Waals surface area contributed by atoms with E-state index in [0.29, 0.717) is 5.92 Å². The number of allylic oxidation sites excluding steroid dienone is 3. The quantitative estimate of drug-likeness (QED) is 0.630. The zero-order valence-electron chi connectivity index (χ0n) is 6.81. The van der Waals surface area contributed by atoms with Gasteiger partial charge in [-0.3, -0.25) is 4.79 Å². The molecule has 12 heavy (non-hydrogen) atoms. The van der Waals surface area contributed by atoms with Crippen LogP contribution >= 0.6 is 0 Å². The molecule has 1 fully saturated rings. The molecule has 0 aromatic heterocycles. The molecule has 2 nitrogen and oxygen atoms in total. The molecule has 0 heterocycles. The van der Waals surface area contributed by atoms with Gasteiger partial charge in [0.15, 0.2) is 0 Å². The molecule has 2 bridgehead atoms. The Kier molecular flexibility index (Phi) is 1.56. The molecule has 0 spiro atoms. The van der Waals surface area contributed by atoms with Crippen molar-refractivity contribution in [1.29, 1.82) is 0 Å². The number of hydrogen-bond donors (Lipinski definition) is 1. The molecular formula is C10H12O2. The van der Waals surface area contributed by atoms with Gasteiger partial charge >= 0.3 is 5.97 Å². The van der Waals surface area contributed by atoms with Crippen LogP contribution in [0, 0.1) is 23.7 Å². The van der Waals surface area contributed by atoms with E-state index in [4.69, 9.17) is 5.11 Å². The van der Waals surface area contributed by atoms with Crippen LogP contribution in [0.5, 0.6) is 0 Å². The molecule has 0 aromatic carbocycles. The largest absolute Gasteiger partial charge is 0.481 e. The summed E-state index contributed by atoms with van der Waals surface area (Å²) in [7, 11) is 0. The Labute approximate surface area is 71.6 Å². The van der Waals surface area contributed by atoms with Gasteiger partial charge in [0.05, 0.1) is 5.92 Å². The van der Waals surface area contributed by atoms with Crippen LogP contribution in [0.15, 0.2) is 24.8 Å². The van der Waals surface area contributed by atoms with Gasteiger partial charge in [0.25, 0.3) is 0 Å². The van der Waals surface area contributed by atoms with Crippen molar-refractivity contribution in [2.45, 2.75) is 6.42 Å². The van der Waals surface area contributed by atoms with E-state index in [1.54, 1.807) is 6.08 Å². The maximum atomic E-state index is 10.9. The maximum Gasteiger partial charge on any atom is 0.307 e. The summed E-state index contributed by atoms with van der Waals surface area (Å²) in [5.74, 6) is -0.0177. The monoisotopic (exact) mass is 164 g/mol. The molecule has 0 aromatic rings. The molecule has 1 saturated carbocycles. The fourth-order valence-corrected chi connectivity index (χ4v) is 2.53. The highest BCUT2D eigenvalue weighted by Gasteiger charge is 2.46. The second kappa shape index (κ2) is 2.47. The lowest BCUT2D eigenvalue weighted by Crippen LogP contribution is -2.25. The topological polar surface area (TPSA) is 37.3 Å². The van der Waals surface area contributed by atoms with Gasteiger partial charge in [0.1, 0.15) is 0 Å². The third-order valence-corrected chi connectivity index (χ3v) is 3.08. The van der Waals surface area contributed by atoms with E-state index in [1.165, 1.54) is 0 Å². The minimum absolute atomic E-state index is 0.164. The first kappa shape index (κ1) is 7.59. The second-order valence-electron chi connectivity index (χ2n) is 3.63. The van der Waals surface area contributed by atoms with Crippen LogP contribution in [-0.4, -0.2) is 11.1 Å². The molecule has 2 aliphatic carbocycles. The van der Waals surface area contributed by atoms with Crippen LogP contribution in [0.3, 0.4) is 0 Å². The predicted octanol–water partition coefficient (Wildman–Crippen LogP) is 1.70. The average Bonchev–Trinajstić information content (AvgIpc) is 2.60. The van der Waals surface area contributed by atoms with Gasteiger partial charge in [-0.1, -0.05) is 18.2 Å². The number of hydrogen-bond acceptors (Lipinski definition) is 1. The fraction of sp³-hybridized carbons (Fsp3) is 0.500. The zero-order valence-corrected chi connectivity index (χ0v) is 6.81. The van der Waals surface area contributed by atoms with E-state index in [1.807, 2.05) is 6.08 Å². The molecule has 0 amide bonds. The molecule has 4 atom stereocenters. The van der Waals surface area contributed by atoms with Crippen LogP contribution in [0.4, 0.5) is 0 Å². The molecule has 2 aliphatic rings. The van der Waals surface area contributed by atoms with Gasteiger partial charge in [0, 0.05) is 0 Å². The lowest BCUT2D eigenvalue weighted by atomic mass is 9.83. The van der Waals surface area contributed by atoms with Crippen LogP contribution in [0.1, 0.15) is 6.42 Å². The van der Waals surface area contributed by atoms with Crippen molar-refractivity contribution < 1.29 is 9.90 Å². The summed E-state index contributed by atoms with van der Waals surface area (Å²) < 4.78 is 0. The Morgan fingerprint density at radius 2 is 2.17 bits per heavy atom. The number of carbonyl (C=O) groups is 1. The molecule has 2 heteroatoms. The summed E-state index contributed by atoms with van der Waals surface area (Å²) in [5, 5.41) is 8.96. The van der Waals surface area contributed by atoms with E-state index in [2.05, 4.69) is 12.7 Å². The molecule has 64 valence electrons. The summed E-state index contributed by atoms with van der Waals surface area (Å²) in [6.07, 6.45) is 6.99. The summed E-state index contributed by atoms with van der Waals surface area (Å²) in [5.41, 5.74) is 0. The van der Waals surface area contributed by atoms with Crippen LogP contribution in [0.25, 0.3) is 0 Å². The van der Waals surface area contributed by atoms with Crippen molar-refractivity contribution in [3.63, 3.8) is 0 Å². The highest BCUT2D eigenvalue weighted by atomic mass is 16.4. The third-order valence-electron chi connectivity index (χ3n) is 3.08. The predicted molar refractivity (Wildman–Crippen MR) is 45.5 cm³/mol.